The summed E-state index contributed by atoms with van der Waals surface area (Å²) in [6, 6.07) is 12.4. The van der Waals surface area contributed by atoms with Gasteiger partial charge in [-0.25, -0.2) is 4.79 Å². The van der Waals surface area contributed by atoms with Gasteiger partial charge in [-0.3, -0.25) is 9.59 Å². The second-order valence-electron chi connectivity index (χ2n) is 9.84. The number of carbonyl (C=O) groups is 3. The number of anilines is 1. The second-order valence-corrected chi connectivity index (χ2v) is 9.84. The minimum Gasteiger partial charge on any atom is -0.497 e. The average molecular weight is 494 g/mol. The van der Waals surface area contributed by atoms with Crippen molar-refractivity contribution in [3.05, 3.63) is 66.2 Å². The summed E-state index contributed by atoms with van der Waals surface area (Å²) in [5, 5.41) is 5.55. The highest BCUT2D eigenvalue weighted by atomic mass is 16.6. The van der Waals surface area contributed by atoms with E-state index in [1.807, 2.05) is 24.3 Å². The number of alkyl carbamates (subject to hydrolysis) is 1. The van der Waals surface area contributed by atoms with E-state index in [2.05, 4.69) is 17.2 Å². The molecule has 3 amide bonds. The normalized spacial score (nSPS) is 14.7. The van der Waals surface area contributed by atoms with Gasteiger partial charge in [0.15, 0.2) is 0 Å². The van der Waals surface area contributed by atoms with Gasteiger partial charge in [0.25, 0.3) is 5.91 Å². The molecular formula is C28H35N3O5. The molecule has 0 aliphatic heterocycles. The molecule has 36 heavy (non-hydrogen) atoms. The van der Waals surface area contributed by atoms with Crippen molar-refractivity contribution in [2.45, 2.75) is 64.3 Å². The fourth-order valence-corrected chi connectivity index (χ4v) is 3.82. The molecule has 2 unspecified atom stereocenters. The molecule has 0 aromatic heterocycles. The molecule has 192 valence electrons. The Kier molecular flexibility index (Phi) is 8.40. The van der Waals surface area contributed by atoms with Gasteiger partial charge in [0, 0.05) is 11.7 Å². The Labute approximate surface area is 212 Å². The number of carbonyl (C=O) groups excluding carboxylic acids is 3. The van der Waals surface area contributed by atoms with E-state index in [0.29, 0.717) is 17.0 Å². The van der Waals surface area contributed by atoms with Crippen molar-refractivity contribution in [3.8, 4) is 5.75 Å². The van der Waals surface area contributed by atoms with Crippen molar-refractivity contribution < 1.29 is 23.9 Å². The third-order valence-electron chi connectivity index (χ3n) is 5.64. The highest BCUT2D eigenvalue weighted by molar-refractivity contribution is 5.99. The first-order valence-corrected chi connectivity index (χ1v) is 12.0. The monoisotopic (exact) mass is 493 g/mol. The molecule has 2 aromatic rings. The quantitative estimate of drug-likeness (QED) is 0.517. The summed E-state index contributed by atoms with van der Waals surface area (Å²) in [5.74, 6) is -0.0478. The number of rotatable bonds is 9. The Hall–Kier alpha value is -3.81. The fourth-order valence-electron chi connectivity index (χ4n) is 3.82. The molecule has 3 rings (SSSR count). The molecule has 0 heterocycles. The number of benzene rings is 2. The Morgan fingerprint density at radius 2 is 1.78 bits per heavy atom. The lowest BCUT2D eigenvalue weighted by molar-refractivity contribution is -0.141. The van der Waals surface area contributed by atoms with Gasteiger partial charge < -0.3 is 25.0 Å². The zero-order chi connectivity index (χ0) is 26.5. The van der Waals surface area contributed by atoms with Gasteiger partial charge in [0.2, 0.25) is 5.91 Å². The first-order valence-electron chi connectivity index (χ1n) is 12.0. The molecule has 0 spiro atoms. The number of nitrogens with zero attached hydrogens (tertiary/aromatic N) is 1. The molecule has 1 fully saturated rings. The highest BCUT2D eigenvalue weighted by Gasteiger charge is 2.43. The van der Waals surface area contributed by atoms with Crippen LogP contribution < -0.4 is 15.4 Å². The molecule has 0 saturated heterocycles. The Morgan fingerprint density at radius 3 is 2.33 bits per heavy atom. The maximum atomic E-state index is 13.7. The SMILES string of the molecule is C=Cc1cccc(C(C(=O)Nc2ccc(OC)cc2)N(C(=O)C(C)NC(=O)OC(C)(C)C)C2CC2)c1. The van der Waals surface area contributed by atoms with Crippen LogP contribution in [0.15, 0.2) is 55.1 Å². The van der Waals surface area contributed by atoms with Crippen molar-refractivity contribution in [1.82, 2.24) is 10.2 Å². The summed E-state index contributed by atoms with van der Waals surface area (Å²) in [7, 11) is 1.57. The van der Waals surface area contributed by atoms with Gasteiger partial charge in [-0.15, -0.1) is 0 Å². The number of nitrogens with one attached hydrogen (secondary N) is 2. The number of amides is 3. The molecule has 2 aromatic carbocycles. The van der Waals surface area contributed by atoms with Crippen molar-refractivity contribution in [3.63, 3.8) is 0 Å². The van der Waals surface area contributed by atoms with Crippen LogP contribution in [-0.2, 0) is 14.3 Å². The van der Waals surface area contributed by atoms with Crippen molar-refractivity contribution in [1.29, 1.82) is 0 Å². The third kappa shape index (κ3) is 7.10. The van der Waals surface area contributed by atoms with E-state index in [4.69, 9.17) is 9.47 Å². The molecule has 8 heteroatoms. The first-order chi connectivity index (χ1) is 17.0. The lowest BCUT2D eigenvalue weighted by Crippen LogP contribution is -2.52. The minimum absolute atomic E-state index is 0.112. The maximum Gasteiger partial charge on any atom is 0.408 e. The number of methoxy groups -OCH3 is 1. The summed E-state index contributed by atoms with van der Waals surface area (Å²) in [6.45, 7) is 10.7. The Bertz CT molecular complexity index is 1100. The second kappa shape index (κ2) is 11.3. The summed E-state index contributed by atoms with van der Waals surface area (Å²) in [6.07, 6.45) is 2.56. The smallest absolute Gasteiger partial charge is 0.408 e. The average Bonchev–Trinajstić information content (AvgIpc) is 3.66. The van der Waals surface area contributed by atoms with Crippen LogP contribution in [0.3, 0.4) is 0 Å². The molecule has 2 atom stereocenters. The van der Waals surface area contributed by atoms with Gasteiger partial charge in [0.05, 0.1) is 7.11 Å². The minimum atomic E-state index is -0.908. The molecule has 1 saturated carbocycles. The molecule has 8 nitrogen and oxygen atoms in total. The number of hydrogen-bond donors (Lipinski definition) is 2. The van der Waals surface area contributed by atoms with Gasteiger partial charge >= 0.3 is 6.09 Å². The van der Waals surface area contributed by atoms with Crippen LogP contribution in [-0.4, -0.2) is 47.6 Å². The molecule has 1 aliphatic carbocycles. The van der Waals surface area contributed by atoms with Crippen LogP contribution in [0.4, 0.5) is 10.5 Å². The topological polar surface area (TPSA) is 97.0 Å². The zero-order valence-corrected chi connectivity index (χ0v) is 21.5. The van der Waals surface area contributed by atoms with Crippen LogP contribution in [0, 0.1) is 0 Å². The van der Waals surface area contributed by atoms with Gasteiger partial charge in [-0.2, -0.15) is 0 Å². The van der Waals surface area contributed by atoms with Crippen LogP contribution >= 0.6 is 0 Å². The molecule has 0 radical (unpaired) electrons. The molecular weight excluding hydrogens is 458 g/mol. The van der Waals surface area contributed by atoms with E-state index in [9.17, 15) is 14.4 Å². The first kappa shape index (κ1) is 26.8. The standard InChI is InChI=1S/C28H35N3O5/c1-7-19-9-8-10-20(17-19)24(25(32)30-21-11-15-23(35-6)16-12-21)31(22-13-14-22)26(33)18(2)29-27(34)36-28(3,4)5/h7-12,15-18,22,24H,1,13-14H2,2-6H3,(H,29,34)(H,30,32). The summed E-state index contributed by atoms with van der Waals surface area (Å²) in [4.78, 5) is 41.3. The maximum absolute atomic E-state index is 13.7. The number of hydrogen-bond acceptors (Lipinski definition) is 5. The van der Waals surface area contributed by atoms with Crippen molar-refractivity contribution in [2.24, 2.45) is 0 Å². The van der Waals surface area contributed by atoms with E-state index >= 15 is 0 Å². The van der Waals surface area contributed by atoms with E-state index in [-0.39, 0.29) is 17.9 Å². The van der Waals surface area contributed by atoms with E-state index in [1.165, 1.54) is 0 Å². The van der Waals surface area contributed by atoms with E-state index < -0.39 is 23.8 Å². The van der Waals surface area contributed by atoms with E-state index in [0.717, 1.165) is 18.4 Å². The van der Waals surface area contributed by atoms with Crippen LogP contribution in [0.2, 0.25) is 0 Å². The van der Waals surface area contributed by atoms with Gasteiger partial charge in [-0.1, -0.05) is 30.9 Å². The predicted octanol–water partition coefficient (Wildman–Crippen LogP) is 4.92. The molecule has 0 bridgehead atoms. The highest BCUT2D eigenvalue weighted by Crippen LogP contribution is 2.36. The lowest BCUT2D eigenvalue weighted by Gasteiger charge is -2.34. The van der Waals surface area contributed by atoms with Gasteiger partial charge in [-0.05, 0) is 82.0 Å². The zero-order valence-electron chi connectivity index (χ0n) is 21.5. The lowest BCUT2D eigenvalue weighted by atomic mass is 10.00. The van der Waals surface area contributed by atoms with Gasteiger partial charge in [0.1, 0.15) is 23.4 Å². The fraction of sp³-hybridized carbons (Fsp3) is 0.393. The molecule has 1 aliphatic rings. The van der Waals surface area contributed by atoms with Crippen LogP contribution in [0.5, 0.6) is 5.75 Å². The van der Waals surface area contributed by atoms with Crippen LogP contribution in [0.1, 0.15) is 57.7 Å². The summed E-state index contributed by atoms with van der Waals surface area (Å²) in [5.41, 5.74) is 1.37. The van der Waals surface area contributed by atoms with Crippen LogP contribution in [0.25, 0.3) is 6.08 Å². The molecule has 2 N–H and O–H groups in total. The van der Waals surface area contributed by atoms with Crippen molar-refractivity contribution in [2.75, 3.05) is 12.4 Å². The predicted molar refractivity (Wildman–Crippen MR) is 140 cm³/mol. The summed E-state index contributed by atoms with van der Waals surface area (Å²) < 4.78 is 10.5. The Balaban J connectivity index is 1.92. The van der Waals surface area contributed by atoms with E-state index in [1.54, 1.807) is 70.0 Å². The van der Waals surface area contributed by atoms with Crippen molar-refractivity contribution >= 4 is 29.7 Å². The number of ether oxygens (including phenoxy) is 2. The largest absolute Gasteiger partial charge is 0.497 e. The Morgan fingerprint density at radius 1 is 1.11 bits per heavy atom. The third-order valence-corrected chi connectivity index (χ3v) is 5.64. The summed E-state index contributed by atoms with van der Waals surface area (Å²) >= 11 is 0.